The van der Waals surface area contributed by atoms with Crippen molar-refractivity contribution in [2.75, 3.05) is 11.6 Å². The molecule has 0 saturated carbocycles. The van der Waals surface area contributed by atoms with Gasteiger partial charge < -0.3 is 5.32 Å². The lowest BCUT2D eigenvalue weighted by Gasteiger charge is -2.26. The summed E-state index contributed by atoms with van der Waals surface area (Å²) in [5.41, 5.74) is 3.18. The Morgan fingerprint density at radius 3 is 2.48 bits per heavy atom. The predicted molar refractivity (Wildman–Crippen MR) is 97.0 cm³/mol. The lowest BCUT2D eigenvalue weighted by atomic mass is 9.81. The first kappa shape index (κ1) is 17.4. The molecule has 1 N–H and O–H groups in total. The van der Waals surface area contributed by atoms with Gasteiger partial charge in [0.15, 0.2) is 0 Å². The van der Waals surface area contributed by atoms with Gasteiger partial charge >= 0.3 is 0 Å². The number of hydrogen-bond acceptors (Lipinski definition) is 2. The number of aryl methyl sites for hydroxylation is 1. The zero-order valence-corrected chi connectivity index (χ0v) is 14.9. The number of benzene rings is 2. The molecule has 0 unspecified atom stereocenters. The molecule has 122 valence electrons. The van der Waals surface area contributed by atoms with Gasteiger partial charge in [0.2, 0.25) is 5.91 Å². The van der Waals surface area contributed by atoms with Crippen molar-refractivity contribution in [3.05, 3.63) is 65.2 Å². The molecular formula is C19H23NO2S. The molecule has 0 aliphatic carbocycles. The standard InChI is InChI=1S/C19H23NO2S/c1-14-8-5-6-11-17(14)19(2,3)18(21)20-16-10-7-9-15(12-16)13-23(4)22/h5-12H,13H2,1-4H3,(H,20,21)/t23-/m1/s1. The Morgan fingerprint density at radius 1 is 1.13 bits per heavy atom. The molecule has 0 aliphatic heterocycles. The second-order valence-corrected chi connectivity index (χ2v) is 7.75. The van der Waals surface area contributed by atoms with E-state index in [0.29, 0.717) is 5.75 Å². The average Bonchev–Trinajstić information content (AvgIpc) is 2.47. The van der Waals surface area contributed by atoms with Crippen LogP contribution >= 0.6 is 0 Å². The van der Waals surface area contributed by atoms with Crippen LogP contribution in [-0.2, 0) is 26.8 Å². The molecule has 0 aliphatic rings. The highest BCUT2D eigenvalue weighted by atomic mass is 32.2. The van der Waals surface area contributed by atoms with Gasteiger partial charge in [-0.05, 0) is 49.6 Å². The zero-order chi connectivity index (χ0) is 17.0. The minimum atomic E-state index is -0.900. The average molecular weight is 329 g/mol. The van der Waals surface area contributed by atoms with Gasteiger partial charge in [-0.2, -0.15) is 0 Å². The van der Waals surface area contributed by atoms with Crippen molar-refractivity contribution in [1.82, 2.24) is 0 Å². The summed E-state index contributed by atoms with van der Waals surface area (Å²) in [6.07, 6.45) is 1.67. The number of carbonyl (C=O) groups excluding carboxylic acids is 1. The van der Waals surface area contributed by atoms with E-state index in [9.17, 15) is 9.00 Å². The fourth-order valence-corrected chi connectivity index (χ4v) is 3.31. The van der Waals surface area contributed by atoms with Gasteiger partial charge in [-0.3, -0.25) is 9.00 Å². The first-order valence-electron chi connectivity index (χ1n) is 7.57. The van der Waals surface area contributed by atoms with E-state index in [-0.39, 0.29) is 5.91 Å². The predicted octanol–water partition coefficient (Wildman–Crippen LogP) is 3.79. The summed E-state index contributed by atoms with van der Waals surface area (Å²) in [6.45, 7) is 5.87. The van der Waals surface area contributed by atoms with Gasteiger partial charge in [0.25, 0.3) is 0 Å². The van der Waals surface area contributed by atoms with Gasteiger partial charge in [-0.25, -0.2) is 0 Å². The topological polar surface area (TPSA) is 46.2 Å². The van der Waals surface area contributed by atoms with Crippen LogP contribution in [0.2, 0.25) is 0 Å². The third-order valence-electron chi connectivity index (χ3n) is 3.94. The van der Waals surface area contributed by atoms with Crippen molar-refractivity contribution >= 4 is 22.4 Å². The van der Waals surface area contributed by atoms with E-state index in [2.05, 4.69) is 5.32 Å². The molecule has 0 bridgehead atoms. The van der Waals surface area contributed by atoms with Crippen molar-refractivity contribution in [2.45, 2.75) is 31.9 Å². The van der Waals surface area contributed by atoms with Gasteiger partial charge in [0.1, 0.15) is 0 Å². The van der Waals surface area contributed by atoms with E-state index < -0.39 is 16.2 Å². The molecule has 0 saturated heterocycles. The molecule has 0 fully saturated rings. The minimum absolute atomic E-state index is 0.0541. The summed E-state index contributed by atoms with van der Waals surface area (Å²) < 4.78 is 11.4. The smallest absolute Gasteiger partial charge is 0.234 e. The van der Waals surface area contributed by atoms with E-state index in [0.717, 1.165) is 22.4 Å². The number of amides is 1. The normalized spacial score (nSPS) is 12.7. The quantitative estimate of drug-likeness (QED) is 0.907. The maximum Gasteiger partial charge on any atom is 0.234 e. The van der Waals surface area contributed by atoms with E-state index in [1.807, 2.05) is 69.3 Å². The Morgan fingerprint density at radius 2 is 1.83 bits per heavy atom. The van der Waals surface area contributed by atoms with Crippen LogP contribution in [0.3, 0.4) is 0 Å². The van der Waals surface area contributed by atoms with Crippen molar-refractivity contribution < 1.29 is 9.00 Å². The molecule has 0 heterocycles. The molecule has 0 radical (unpaired) electrons. The molecule has 23 heavy (non-hydrogen) atoms. The summed E-state index contributed by atoms with van der Waals surface area (Å²) >= 11 is 0. The van der Waals surface area contributed by atoms with E-state index >= 15 is 0 Å². The van der Waals surface area contributed by atoms with Crippen LogP contribution in [0.15, 0.2) is 48.5 Å². The molecule has 0 spiro atoms. The van der Waals surface area contributed by atoms with Gasteiger partial charge in [0, 0.05) is 28.5 Å². The largest absolute Gasteiger partial charge is 0.325 e. The van der Waals surface area contributed by atoms with Gasteiger partial charge in [-0.15, -0.1) is 0 Å². The molecule has 2 rings (SSSR count). The van der Waals surface area contributed by atoms with E-state index in [1.54, 1.807) is 6.26 Å². The maximum absolute atomic E-state index is 12.7. The van der Waals surface area contributed by atoms with Crippen LogP contribution in [0, 0.1) is 6.92 Å². The first-order chi connectivity index (χ1) is 10.8. The fourth-order valence-electron chi connectivity index (χ4n) is 2.66. The summed E-state index contributed by atoms with van der Waals surface area (Å²) in [5, 5.41) is 2.98. The highest BCUT2D eigenvalue weighted by Crippen LogP contribution is 2.28. The Balaban J connectivity index is 2.21. The SMILES string of the molecule is Cc1ccccc1C(C)(C)C(=O)Nc1cccc(C[S@@](C)=O)c1. The third kappa shape index (κ3) is 4.29. The summed E-state index contributed by atoms with van der Waals surface area (Å²) in [5.74, 6) is 0.437. The zero-order valence-electron chi connectivity index (χ0n) is 14.1. The monoisotopic (exact) mass is 329 g/mol. The Kier molecular flexibility index (Phi) is 5.37. The van der Waals surface area contributed by atoms with Crippen LogP contribution in [0.5, 0.6) is 0 Å². The Hall–Kier alpha value is -1.94. The Labute approximate surface area is 140 Å². The second-order valence-electron chi connectivity index (χ2n) is 6.31. The van der Waals surface area contributed by atoms with Crippen molar-refractivity contribution in [1.29, 1.82) is 0 Å². The van der Waals surface area contributed by atoms with Gasteiger partial charge in [0.05, 0.1) is 5.41 Å². The molecule has 2 aromatic rings. The summed E-state index contributed by atoms with van der Waals surface area (Å²) in [7, 11) is -0.900. The second kappa shape index (κ2) is 7.09. The number of carbonyl (C=O) groups is 1. The van der Waals surface area contributed by atoms with Crippen molar-refractivity contribution in [2.24, 2.45) is 0 Å². The number of hydrogen-bond donors (Lipinski definition) is 1. The molecule has 1 atom stereocenters. The Bertz CT molecular complexity index is 738. The van der Waals surface area contributed by atoms with E-state index in [4.69, 9.17) is 0 Å². The van der Waals surface area contributed by atoms with Crippen LogP contribution in [0.4, 0.5) is 5.69 Å². The van der Waals surface area contributed by atoms with Crippen LogP contribution in [0.1, 0.15) is 30.5 Å². The third-order valence-corrected chi connectivity index (χ3v) is 4.68. The molecule has 1 amide bonds. The lowest BCUT2D eigenvalue weighted by Crippen LogP contribution is -2.35. The van der Waals surface area contributed by atoms with Gasteiger partial charge in [-0.1, -0.05) is 36.4 Å². The van der Waals surface area contributed by atoms with Crippen molar-refractivity contribution in [3.63, 3.8) is 0 Å². The molecule has 4 heteroatoms. The fraction of sp³-hybridized carbons (Fsp3) is 0.316. The van der Waals surface area contributed by atoms with Crippen LogP contribution < -0.4 is 5.32 Å². The summed E-state index contributed by atoms with van der Waals surface area (Å²) in [4.78, 5) is 12.7. The number of anilines is 1. The number of rotatable bonds is 5. The number of nitrogens with one attached hydrogen (secondary N) is 1. The summed E-state index contributed by atoms with van der Waals surface area (Å²) in [6, 6.07) is 15.5. The van der Waals surface area contributed by atoms with Crippen LogP contribution in [-0.4, -0.2) is 16.4 Å². The molecule has 3 nitrogen and oxygen atoms in total. The first-order valence-corrected chi connectivity index (χ1v) is 9.30. The van der Waals surface area contributed by atoms with Crippen LogP contribution in [0.25, 0.3) is 0 Å². The maximum atomic E-state index is 12.7. The molecular weight excluding hydrogens is 306 g/mol. The minimum Gasteiger partial charge on any atom is -0.325 e. The molecule has 0 aromatic heterocycles. The highest BCUT2D eigenvalue weighted by Gasteiger charge is 2.31. The van der Waals surface area contributed by atoms with Crippen molar-refractivity contribution in [3.8, 4) is 0 Å². The lowest BCUT2D eigenvalue weighted by molar-refractivity contribution is -0.120. The van der Waals surface area contributed by atoms with E-state index in [1.165, 1.54) is 0 Å². The molecule has 2 aromatic carbocycles. The highest BCUT2D eigenvalue weighted by molar-refractivity contribution is 7.83.